The van der Waals surface area contributed by atoms with E-state index in [1.807, 2.05) is 45.9 Å². The average molecular weight is 525 g/mol. The number of ether oxygens (including phenoxy) is 2. The van der Waals surface area contributed by atoms with Gasteiger partial charge in [0.15, 0.2) is 0 Å². The Kier molecular flexibility index (Phi) is 11.2. The van der Waals surface area contributed by atoms with Crippen LogP contribution in [0.5, 0.6) is 0 Å². The number of hydrogen-bond donors (Lipinski definition) is 0. The maximum atomic E-state index is 14.5. The zero-order valence-electron chi connectivity index (χ0n) is 23.0. The van der Waals surface area contributed by atoms with Gasteiger partial charge in [-0.2, -0.15) is 0 Å². The summed E-state index contributed by atoms with van der Waals surface area (Å²) >= 11 is 0. The maximum absolute atomic E-state index is 14.5. The van der Waals surface area contributed by atoms with Gasteiger partial charge < -0.3 is 18.5 Å². The average Bonchev–Trinajstić information content (AvgIpc) is 2.78. The SMILES string of the molecule is CCOC1=N[C@H](C(C)C)C(OCC)=N[C@H]1[C@H](c1ccccc1)C([Si](C)(C)C)P(=O)(OCC)OCC. The van der Waals surface area contributed by atoms with Crippen LogP contribution >= 0.6 is 7.60 Å². The molecule has 1 unspecified atom stereocenters. The molecule has 1 aromatic rings. The molecule has 0 saturated heterocycles. The molecule has 0 aliphatic carbocycles. The topological polar surface area (TPSA) is 78.7 Å². The lowest BCUT2D eigenvalue weighted by Crippen LogP contribution is -2.50. The summed E-state index contributed by atoms with van der Waals surface area (Å²) < 4.78 is 38.6. The third-order valence-corrected chi connectivity index (χ3v) is 13.6. The molecule has 1 heterocycles. The fraction of sp³-hybridized carbons (Fsp3) is 0.692. The van der Waals surface area contributed by atoms with Crippen LogP contribution in [0.2, 0.25) is 19.6 Å². The zero-order chi connectivity index (χ0) is 26.2. The molecule has 1 aromatic carbocycles. The first kappa shape index (κ1) is 29.8. The van der Waals surface area contributed by atoms with E-state index >= 15 is 0 Å². The van der Waals surface area contributed by atoms with Gasteiger partial charge in [-0.05, 0) is 39.2 Å². The predicted octanol–water partition coefficient (Wildman–Crippen LogP) is 6.56. The summed E-state index contributed by atoms with van der Waals surface area (Å²) in [5, 5.41) is -0.379. The van der Waals surface area contributed by atoms with Crippen LogP contribution in [0.3, 0.4) is 0 Å². The maximum Gasteiger partial charge on any atom is 0.331 e. The minimum atomic E-state index is -3.51. The predicted molar refractivity (Wildman–Crippen MR) is 148 cm³/mol. The highest BCUT2D eigenvalue weighted by molar-refractivity contribution is 7.58. The molecule has 0 fully saturated rings. The van der Waals surface area contributed by atoms with Crippen molar-refractivity contribution >= 4 is 27.5 Å². The van der Waals surface area contributed by atoms with Crippen LogP contribution in [0.1, 0.15) is 53.0 Å². The Morgan fingerprint density at radius 3 is 1.74 bits per heavy atom. The van der Waals surface area contributed by atoms with E-state index in [0.29, 0.717) is 38.2 Å². The number of aliphatic imine (C=N–C) groups is 2. The fourth-order valence-electron chi connectivity index (χ4n) is 4.73. The first-order valence-corrected chi connectivity index (χ1v) is 18.1. The molecule has 0 N–H and O–H groups in total. The van der Waals surface area contributed by atoms with Crippen LogP contribution in [-0.2, 0) is 23.1 Å². The molecule has 1 aliphatic rings. The Morgan fingerprint density at radius 1 is 0.829 bits per heavy atom. The molecule has 0 aromatic heterocycles. The Balaban J connectivity index is 2.84. The molecule has 0 radical (unpaired) electrons. The highest BCUT2D eigenvalue weighted by Crippen LogP contribution is 2.61. The molecule has 0 bridgehead atoms. The van der Waals surface area contributed by atoms with Gasteiger partial charge in [0.25, 0.3) is 0 Å². The molecule has 0 amide bonds. The van der Waals surface area contributed by atoms with E-state index in [1.165, 1.54) is 0 Å². The smallest absolute Gasteiger partial charge is 0.331 e. The molecular formula is C26H45N2O5PSi. The quantitative estimate of drug-likeness (QED) is 0.229. The van der Waals surface area contributed by atoms with E-state index in [9.17, 15) is 4.57 Å². The standard InChI is InChI=1S/C26H45N2O5PSi/c1-10-30-24-22(19(5)6)27-25(31-11-2)23(28-24)21(20-17-15-14-16-18-20)26(35(7,8)9)34(29,32-12-3)33-13-4/h14-19,21-23,26H,10-13H2,1-9H3/t21-,22+,23-,26?/m0/s1. The van der Waals surface area contributed by atoms with Gasteiger partial charge in [-0.15, -0.1) is 0 Å². The second-order valence-electron chi connectivity index (χ2n) is 10.1. The Labute approximate surface area is 213 Å². The third-order valence-electron chi connectivity index (χ3n) is 5.97. The molecule has 9 heteroatoms. The van der Waals surface area contributed by atoms with Gasteiger partial charge in [0.1, 0.15) is 12.1 Å². The van der Waals surface area contributed by atoms with Crippen molar-refractivity contribution in [3.05, 3.63) is 35.9 Å². The Morgan fingerprint density at radius 2 is 1.31 bits per heavy atom. The van der Waals surface area contributed by atoms with Crippen molar-refractivity contribution in [3.8, 4) is 0 Å². The lowest BCUT2D eigenvalue weighted by atomic mass is 9.91. The van der Waals surface area contributed by atoms with Crippen molar-refractivity contribution in [1.82, 2.24) is 0 Å². The van der Waals surface area contributed by atoms with Crippen LogP contribution in [0.25, 0.3) is 0 Å². The second kappa shape index (κ2) is 13.2. The van der Waals surface area contributed by atoms with Crippen molar-refractivity contribution in [2.75, 3.05) is 26.4 Å². The lowest BCUT2D eigenvalue weighted by Gasteiger charge is -2.43. The van der Waals surface area contributed by atoms with E-state index in [4.69, 9.17) is 28.5 Å². The van der Waals surface area contributed by atoms with Gasteiger partial charge in [0.05, 0.1) is 39.8 Å². The second-order valence-corrected chi connectivity index (χ2v) is 18.0. The van der Waals surface area contributed by atoms with Gasteiger partial charge in [-0.25, -0.2) is 9.98 Å². The molecule has 198 valence electrons. The summed E-state index contributed by atoms with van der Waals surface area (Å²) in [6.45, 7) is 20.0. The van der Waals surface area contributed by atoms with Crippen LogP contribution < -0.4 is 0 Å². The van der Waals surface area contributed by atoms with Crippen molar-refractivity contribution in [2.45, 2.75) is 84.5 Å². The van der Waals surface area contributed by atoms with Gasteiger partial charge in [-0.1, -0.05) is 63.8 Å². The highest BCUT2D eigenvalue weighted by Gasteiger charge is 2.53. The van der Waals surface area contributed by atoms with Gasteiger partial charge in [0.2, 0.25) is 11.8 Å². The summed E-state index contributed by atoms with van der Waals surface area (Å²) in [4.78, 5) is 10.2. The number of rotatable bonds is 12. The molecular weight excluding hydrogens is 479 g/mol. The molecule has 4 atom stereocenters. The third kappa shape index (κ3) is 7.28. The van der Waals surface area contributed by atoms with Gasteiger partial charge >= 0.3 is 7.60 Å². The Hall–Kier alpha value is -1.47. The number of benzene rings is 1. The monoisotopic (exact) mass is 524 g/mol. The molecule has 2 rings (SSSR count). The van der Waals surface area contributed by atoms with Crippen molar-refractivity contribution in [1.29, 1.82) is 0 Å². The fourth-order valence-corrected chi connectivity index (χ4v) is 12.3. The van der Waals surface area contributed by atoms with E-state index < -0.39 is 21.7 Å². The lowest BCUT2D eigenvalue weighted by molar-refractivity contribution is 0.212. The normalized spacial score (nSPS) is 20.7. The summed E-state index contributed by atoms with van der Waals surface area (Å²) in [5.41, 5.74) is 1.01. The zero-order valence-corrected chi connectivity index (χ0v) is 24.9. The van der Waals surface area contributed by atoms with Crippen molar-refractivity contribution in [2.24, 2.45) is 15.9 Å². The minimum absolute atomic E-state index is 0.192. The Bertz CT molecular complexity index is 891. The molecule has 0 spiro atoms. The molecule has 35 heavy (non-hydrogen) atoms. The van der Waals surface area contributed by atoms with Crippen molar-refractivity contribution in [3.63, 3.8) is 0 Å². The van der Waals surface area contributed by atoms with Crippen LogP contribution in [0, 0.1) is 5.92 Å². The summed E-state index contributed by atoms with van der Waals surface area (Å²) in [6.07, 6.45) is 0. The first-order chi connectivity index (χ1) is 16.5. The summed E-state index contributed by atoms with van der Waals surface area (Å²) in [7, 11) is -5.71. The van der Waals surface area contributed by atoms with E-state index in [2.05, 4.69) is 45.6 Å². The van der Waals surface area contributed by atoms with Crippen LogP contribution in [0.4, 0.5) is 0 Å². The minimum Gasteiger partial charge on any atom is -0.480 e. The van der Waals surface area contributed by atoms with Crippen LogP contribution in [-0.4, -0.2) is 63.7 Å². The van der Waals surface area contributed by atoms with Gasteiger partial charge in [-0.3, -0.25) is 4.57 Å². The largest absolute Gasteiger partial charge is 0.480 e. The van der Waals surface area contributed by atoms with Crippen molar-refractivity contribution < 1.29 is 23.1 Å². The molecule has 0 saturated carbocycles. The van der Waals surface area contributed by atoms with E-state index in [1.54, 1.807) is 0 Å². The summed E-state index contributed by atoms with van der Waals surface area (Å²) in [6, 6.07) is 9.39. The van der Waals surface area contributed by atoms with E-state index in [0.717, 1.165) is 5.56 Å². The number of nitrogens with zero attached hydrogens (tertiary/aromatic N) is 2. The van der Waals surface area contributed by atoms with E-state index in [-0.39, 0.29) is 23.2 Å². The summed E-state index contributed by atoms with van der Waals surface area (Å²) in [5.74, 6) is 1.04. The van der Waals surface area contributed by atoms with Crippen LogP contribution in [0.15, 0.2) is 40.3 Å². The molecule has 1 aliphatic heterocycles. The highest BCUT2D eigenvalue weighted by atomic mass is 31.2. The first-order valence-electron chi connectivity index (χ1n) is 12.9. The number of hydrogen-bond acceptors (Lipinski definition) is 7. The van der Waals surface area contributed by atoms with Gasteiger partial charge in [0, 0.05) is 5.92 Å². The molecule has 7 nitrogen and oxygen atoms in total.